The van der Waals surface area contributed by atoms with Gasteiger partial charge in [-0.25, -0.2) is 4.79 Å². The van der Waals surface area contributed by atoms with E-state index in [0.29, 0.717) is 6.54 Å². The van der Waals surface area contributed by atoms with E-state index in [1.165, 1.54) is 19.6 Å². The molecule has 0 unspecified atom stereocenters. The molecule has 2 aromatic carbocycles. The summed E-state index contributed by atoms with van der Waals surface area (Å²) in [7, 11) is 1.35. The van der Waals surface area contributed by atoms with Crippen molar-refractivity contribution < 1.29 is 14.3 Å². The molecule has 1 fully saturated rings. The van der Waals surface area contributed by atoms with Crippen LogP contribution in [0.3, 0.4) is 0 Å². The van der Waals surface area contributed by atoms with Crippen molar-refractivity contribution >= 4 is 35.8 Å². The van der Waals surface area contributed by atoms with Crippen molar-refractivity contribution in [3.8, 4) is 0 Å². The highest BCUT2D eigenvalue weighted by atomic mass is 16.5. The molecule has 1 amide bonds. The molecule has 1 aliphatic carbocycles. The SMILES string of the molecule is COC(=O)/C=C/c1cccc(N(Cc2ccc(/C=C/c3ccccn3)cc2)C(=O)C2CCCCC2)c1. The molecule has 1 aliphatic rings. The number of nitrogens with zero attached hydrogens (tertiary/aromatic N) is 2. The van der Waals surface area contributed by atoms with Gasteiger partial charge in [-0.1, -0.05) is 67.8 Å². The molecule has 5 nitrogen and oxygen atoms in total. The number of aromatic nitrogens is 1. The third-order valence-corrected chi connectivity index (χ3v) is 6.47. The van der Waals surface area contributed by atoms with Crippen LogP contribution >= 0.6 is 0 Å². The monoisotopic (exact) mass is 480 g/mol. The Morgan fingerprint density at radius 3 is 2.44 bits per heavy atom. The van der Waals surface area contributed by atoms with Crippen molar-refractivity contribution in [2.45, 2.75) is 38.6 Å². The van der Waals surface area contributed by atoms with E-state index in [1.54, 1.807) is 12.3 Å². The molecule has 0 aliphatic heterocycles. The average molecular weight is 481 g/mol. The molecule has 0 saturated heterocycles. The minimum Gasteiger partial charge on any atom is -0.466 e. The number of anilines is 1. The van der Waals surface area contributed by atoms with E-state index in [4.69, 9.17) is 4.74 Å². The molecule has 0 atom stereocenters. The lowest BCUT2D eigenvalue weighted by Crippen LogP contribution is -2.36. The maximum absolute atomic E-state index is 13.7. The fourth-order valence-corrected chi connectivity index (χ4v) is 4.47. The van der Waals surface area contributed by atoms with Crippen molar-refractivity contribution in [2.75, 3.05) is 12.0 Å². The molecule has 0 bridgehead atoms. The first-order valence-corrected chi connectivity index (χ1v) is 12.5. The van der Waals surface area contributed by atoms with Gasteiger partial charge >= 0.3 is 5.97 Å². The van der Waals surface area contributed by atoms with Gasteiger partial charge in [-0.3, -0.25) is 9.78 Å². The highest BCUT2D eigenvalue weighted by Gasteiger charge is 2.27. The Morgan fingerprint density at radius 2 is 1.72 bits per heavy atom. The lowest BCUT2D eigenvalue weighted by molar-refractivity contribution is -0.134. The number of carbonyl (C=O) groups excluding carboxylic acids is 2. The number of ether oxygens (including phenoxy) is 1. The largest absolute Gasteiger partial charge is 0.466 e. The van der Waals surface area contributed by atoms with E-state index in [2.05, 4.69) is 29.2 Å². The first kappa shape index (κ1) is 25.1. The van der Waals surface area contributed by atoms with E-state index >= 15 is 0 Å². The number of amides is 1. The summed E-state index contributed by atoms with van der Waals surface area (Å²) in [5.74, 6) is -0.191. The van der Waals surface area contributed by atoms with E-state index in [0.717, 1.165) is 53.8 Å². The van der Waals surface area contributed by atoms with E-state index < -0.39 is 5.97 Å². The quantitative estimate of drug-likeness (QED) is 0.271. The number of rotatable bonds is 8. The van der Waals surface area contributed by atoms with E-state index in [9.17, 15) is 9.59 Å². The van der Waals surface area contributed by atoms with E-state index in [1.807, 2.05) is 59.5 Å². The van der Waals surface area contributed by atoms with Gasteiger partial charge in [0, 0.05) is 23.9 Å². The van der Waals surface area contributed by atoms with Gasteiger partial charge in [0.25, 0.3) is 0 Å². The smallest absolute Gasteiger partial charge is 0.330 e. The van der Waals surface area contributed by atoms with Crippen LogP contribution in [0.1, 0.15) is 54.5 Å². The number of hydrogen-bond donors (Lipinski definition) is 0. The molecule has 4 rings (SSSR count). The molecule has 0 N–H and O–H groups in total. The second-order valence-corrected chi connectivity index (χ2v) is 9.04. The maximum Gasteiger partial charge on any atom is 0.330 e. The van der Waals surface area contributed by atoms with Gasteiger partial charge < -0.3 is 9.64 Å². The lowest BCUT2D eigenvalue weighted by atomic mass is 9.88. The van der Waals surface area contributed by atoms with Crippen molar-refractivity contribution in [1.29, 1.82) is 0 Å². The fourth-order valence-electron chi connectivity index (χ4n) is 4.47. The summed E-state index contributed by atoms with van der Waals surface area (Å²) in [5.41, 5.74) is 4.71. The van der Waals surface area contributed by atoms with Crippen molar-refractivity contribution in [3.63, 3.8) is 0 Å². The topological polar surface area (TPSA) is 59.5 Å². The number of methoxy groups -OCH3 is 1. The highest BCUT2D eigenvalue weighted by Crippen LogP contribution is 2.29. The molecule has 0 radical (unpaired) electrons. The number of hydrogen-bond acceptors (Lipinski definition) is 4. The van der Waals surface area contributed by atoms with Gasteiger partial charge in [0.1, 0.15) is 0 Å². The van der Waals surface area contributed by atoms with Crippen LogP contribution in [-0.2, 0) is 20.9 Å². The first-order chi connectivity index (χ1) is 17.6. The number of carbonyl (C=O) groups is 2. The summed E-state index contributed by atoms with van der Waals surface area (Å²) in [6, 6.07) is 21.8. The standard InChI is InChI=1S/C31H32N2O3/c1-36-30(34)20-18-25-8-7-12-29(22-25)33(31(35)27-9-3-2-4-10-27)23-26-15-13-24(14-16-26)17-19-28-11-5-6-21-32-28/h5-8,11-22,27H,2-4,9-10,23H2,1H3/b19-17+,20-18+. The molecule has 3 aromatic rings. The number of benzene rings is 2. The lowest BCUT2D eigenvalue weighted by Gasteiger charge is -2.30. The Bertz CT molecular complexity index is 1210. The summed E-state index contributed by atoms with van der Waals surface area (Å²) < 4.78 is 4.70. The third-order valence-electron chi connectivity index (χ3n) is 6.47. The number of esters is 1. The average Bonchev–Trinajstić information content (AvgIpc) is 2.95. The van der Waals surface area contributed by atoms with Crippen LogP contribution in [0.15, 0.2) is 79.0 Å². The van der Waals surface area contributed by atoms with Gasteiger partial charge in [0.15, 0.2) is 0 Å². The Kier molecular flexibility index (Phi) is 8.82. The van der Waals surface area contributed by atoms with Gasteiger partial charge in [-0.05, 0) is 65.9 Å². The normalized spacial score (nSPS) is 14.2. The van der Waals surface area contributed by atoms with Crippen LogP contribution in [0, 0.1) is 5.92 Å². The summed E-state index contributed by atoms with van der Waals surface area (Å²) >= 11 is 0. The third kappa shape index (κ3) is 7.01. The molecular weight excluding hydrogens is 448 g/mol. The molecule has 0 spiro atoms. The first-order valence-electron chi connectivity index (χ1n) is 12.5. The second kappa shape index (κ2) is 12.6. The Balaban J connectivity index is 1.55. The van der Waals surface area contributed by atoms with Crippen molar-refractivity contribution in [3.05, 3.63) is 101 Å². The number of pyridine rings is 1. The van der Waals surface area contributed by atoms with Crippen LogP contribution < -0.4 is 4.90 Å². The van der Waals surface area contributed by atoms with Crippen LogP contribution in [0.5, 0.6) is 0 Å². The molecular formula is C31H32N2O3. The Morgan fingerprint density at radius 1 is 0.917 bits per heavy atom. The van der Waals surface area contributed by atoms with Crippen LogP contribution in [0.2, 0.25) is 0 Å². The zero-order valence-electron chi connectivity index (χ0n) is 20.7. The van der Waals surface area contributed by atoms with Gasteiger partial charge in [0.05, 0.1) is 19.3 Å². The Hall–Kier alpha value is -3.99. The highest BCUT2D eigenvalue weighted by molar-refractivity contribution is 5.95. The van der Waals surface area contributed by atoms with Crippen LogP contribution in [0.25, 0.3) is 18.2 Å². The maximum atomic E-state index is 13.7. The van der Waals surface area contributed by atoms with Gasteiger partial charge in [-0.2, -0.15) is 0 Å². The molecule has 184 valence electrons. The van der Waals surface area contributed by atoms with Gasteiger partial charge in [-0.15, -0.1) is 0 Å². The molecule has 36 heavy (non-hydrogen) atoms. The zero-order valence-corrected chi connectivity index (χ0v) is 20.7. The summed E-state index contributed by atoms with van der Waals surface area (Å²) in [5, 5.41) is 0. The molecule has 5 heteroatoms. The predicted molar refractivity (Wildman–Crippen MR) is 145 cm³/mol. The summed E-state index contributed by atoms with van der Waals surface area (Å²) in [6.45, 7) is 0.490. The fraction of sp³-hybridized carbons (Fsp3) is 0.258. The molecule has 1 heterocycles. The van der Waals surface area contributed by atoms with Gasteiger partial charge in [0.2, 0.25) is 5.91 Å². The predicted octanol–water partition coefficient (Wildman–Crippen LogP) is 6.55. The van der Waals surface area contributed by atoms with Crippen LogP contribution in [0.4, 0.5) is 5.69 Å². The summed E-state index contributed by atoms with van der Waals surface area (Å²) in [6.07, 6.45) is 14.2. The van der Waals surface area contributed by atoms with Crippen molar-refractivity contribution in [2.24, 2.45) is 5.92 Å². The summed E-state index contributed by atoms with van der Waals surface area (Å²) in [4.78, 5) is 31.4. The minimum atomic E-state index is -0.410. The minimum absolute atomic E-state index is 0.0496. The van der Waals surface area contributed by atoms with Crippen LogP contribution in [-0.4, -0.2) is 24.0 Å². The van der Waals surface area contributed by atoms with Crippen molar-refractivity contribution in [1.82, 2.24) is 4.98 Å². The molecule has 1 aromatic heterocycles. The van der Waals surface area contributed by atoms with E-state index in [-0.39, 0.29) is 11.8 Å². The molecule has 1 saturated carbocycles. The second-order valence-electron chi connectivity index (χ2n) is 9.04. The Labute approximate surface area is 213 Å². The zero-order chi connectivity index (χ0) is 25.2.